The molecule has 2 fully saturated rings. The van der Waals surface area contributed by atoms with Crippen LogP contribution in [0.2, 0.25) is 0 Å². The third kappa shape index (κ3) is 3.78. The molecule has 2 unspecified atom stereocenters. The minimum atomic E-state index is -1.18. The summed E-state index contributed by atoms with van der Waals surface area (Å²) in [5, 5.41) is 9.93. The number of piperazine rings is 1. The van der Waals surface area contributed by atoms with Gasteiger partial charge in [0.05, 0.1) is 13.2 Å². The van der Waals surface area contributed by atoms with Crippen molar-refractivity contribution in [2.75, 3.05) is 26.7 Å². The van der Waals surface area contributed by atoms with Gasteiger partial charge in [0.15, 0.2) is 6.10 Å². The molecular formula is C22H30N2O4. The minimum absolute atomic E-state index is 0.0189. The standard InChI is InChI=1S/C22H30N2O4/c1-5-19(25)22(27)24-10-9-23(13-18(24)16-7-6-8-16)21(26)17-11-14(2)20(28-4)15(3)12-17/h5,11-12,16,18-19,25H,1,6-10,13H2,2-4H3. The van der Waals surface area contributed by atoms with Gasteiger partial charge in [0.1, 0.15) is 5.75 Å². The van der Waals surface area contributed by atoms with Crippen molar-refractivity contribution in [1.29, 1.82) is 0 Å². The van der Waals surface area contributed by atoms with Crippen LogP contribution in [-0.2, 0) is 4.79 Å². The minimum Gasteiger partial charge on any atom is -0.496 e. The van der Waals surface area contributed by atoms with E-state index in [1.807, 2.05) is 30.9 Å². The van der Waals surface area contributed by atoms with Gasteiger partial charge in [-0.2, -0.15) is 0 Å². The van der Waals surface area contributed by atoms with Crippen molar-refractivity contribution in [1.82, 2.24) is 9.80 Å². The molecule has 1 aromatic carbocycles. The lowest BCUT2D eigenvalue weighted by atomic mass is 9.78. The maximum Gasteiger partial charge on any atom is 0.255 e. The van der Waals surface area contributed by atoms with Gasteiger partial charge < -0.3 is 19.6 Å². The van der Waals surface area contributed by atoms with Crippen LogP contribution >= 0.6 is 0 Å². The molecule has 28 heavy (non-hydrogen) atoms. The summed E-state index contributed by atoms with van der Waals surface area (Å²) in [7, 11) is 1.63. The van der Waals surface area contributed by atoms with Gasteiger partial charge in [0, 0.05) is 25.2 Å². The molecule has 2 aliphatic rings. The Balaban J connectivity index is 1.80. The van der Waals surface area contributed by atoms with E-state index in [4.69, 9.17) is 4.74 Å². The fourth-order valence-electron chi connectivity index (χ4n) is 4.35. The monoisotopic (exact) mass is 386 g/mol. The molecule has 1 saturated carbocycles. The number of aliphatic hydroxyl groups is 1. The third-order valence-corrected chi connectivity index (χ3v) is 6.07. The maximum absolute atomic E-state index is 13.2. The molecule has 0 bridgehead atoms. The highest BCUT2D eigenvalue weighted by Gasteiger charge is 2.40. The van der Waals surface area contributed by atoms with E-state index in [9.17, 15) is 14.7 Å². The van der Waals surface area contributed by atoms with Crippen molar-refractivity contribution in [2.24, 2.45) is 5.92 Å². The number of carbonyl (C=O) groups excluding carboxylic acids is 2. The van der Waals surface area contributed by atoms with E-state index in [1.165, 1.54) is 6.08 Å². The molecular weight excluding hydrogens is 356 g/mol. The number of rotatable bonds is 5. The first-order valence-corrected chi connectivity index (χ1v) is 9.93. The predicted molar refractivity (Wildman–Crippen MR) is 107 cm³/mol. The first-order chi connectivity index (χ1) is 13.4. The molecule has 1 heterocycles. The lowest BCUT2D eigenvalue weighted by Gasteiger charge is -2.47. The van der Waals surface area contributed by atoms with E-state index in [0.717, 1.165) is 36.1 Å². The molecule has 1 aromatic rings. The number of methoxy groups -OCH3 is 1. The normalized spacial score (nSPS) is 21.1. The van der Waals surface area contributed by atoms with Crippen LogP contribution in [0, 0.1) is 19.8 Å². The zero-order valence-electron chi connectivity index (χ0n) is 17.0. The molecule has 2 amide bonds. The summed E-state index contributed by atoms with van der Waals surface area (Å²) < 4.78 is 5.40. The van der Waals surface area contributed by atoms with Gasteiger partial charge in [0.2, 0.25) is 0 Å². The van der Waals surface area contributed by atoms with Crippen molar-refractivity contribution in [2.45, 2.75) is 45.3 Å². The van der Waals surface area contributed by atoms with Gasteiger partial charge in [-0.25, -0.2) is 0 Å². The van der Waals surface area contributed by atoms with Gasteiger partial charge in [-0.1, -0.05) is 19.1 Å². The summed E-state index contributed by atoms with van der Waals surface area (Å²) in [5.41, 5.74) is 2.52. The summed E-state index contributed by atoms with van der Waals surface area (Å²) in [6.45, 7) is 8.80. The Kier molecular flexibility index (Phi) is 6.08. The molecule has 6 nitrogen and oxygen atoms in total. The third-order valence-electron chi connectivity index (χ3n) is 6.07. The van der Waals surface area contributed by atoms with Gasteiger partial charge in [-0.3, -0.25) is 9.59 Å². The predicted octanol–water partition coefficient (Wildman–Crippen LogP) is 2.31. The Bertz CT molecular complexity index is 749. The number of amides is 2. The van der Waals surface area contributed by atoms with Gasteiger partial charge in [-0.05, 0) is 55.9 Å². The zero-order chi connectivity index (χ0) is 20.4. The Morgan fingerprint density at radius 1 is 1.25 bits per heavy atom. The summed E-state index contributed by atoms with van der Waals surface area (Å²) in [5.74, 6) is 0.860. The molecule has 0 aromatic heterocycles. The highest BCUT2D eigenvalue weighted by Crippen LogP contribution is 2.35. The molecule has 1 N–H and O–H groups in total. The second-order valence-electron chi connectivity index (χ2n) is 7.86. The number of carbonyl (C=O) groups is 2. The maximum atomic E-state index is 13.2. The topological polar surface area (TPSA) is 70.1 Å². The van der Waals surface area contributed by atoms with E-state index in [1.54, 1.807) is 12.0 Å². The molecule has 1 aliphatic carbocycles. The van der Waals surface area contributed by atoms with Gasteiger partial charge in [-0.15, -0.1) is 0 Å². The summed E-state index contributed by atoms with van der Waals surface area (Å²) in [6.07, 6.45) is 3.35. The number of ether oxygens (including phenoxy) is 1. The average molecular weight is 386 g/mol. The number of hydrogen-bond acceptors (Lipinski definition) is 4. The summed E-state index contributed by atoms with van der Waals surface area (Å²) in [4.78, 5) is 29.3. The Hall–Kier alpha value is -2.34. The lowest BCUT2D eigenvalue weighted by molar-refractivity contribution is -0.145. The van der Waals surface area contributed by atoms with E-state index in [0.29, 0.717) is 31.1 Å². The smallest absolute Gasteiger partial charge is 0.255 e. The highest BCUT2D eigenvalue weighted by molar-refractivity contribution is 5.95. The van der Waals surface area contributed by atoms with Crippen molar-refractivity contribution in [3.05, 3.63) is 41.5 Å². The van der Waals surface area contributed by atoms with Crippen LogP contribution < -0.4 is 4.74 Å². The first-order valence-electron chi connectivity index (χ1n) is 9.93. The van der Waals surface area contributed by atoms with E-state index >= 15 is 0 Å². The SMILES string of the molecule is C=CC(O)C(=O)N1CCN(C(=O)c2cc(C)c(OC)c(C)c2)CC1C1CCC1. The number of benzene rings is 1. The fourth-order valence-corrected chi connectivity index (χ4v) is 4.35. The second-order valence-corrected chi connectivity index (χ2v) is 7.86. The average Bonchev–Trinajstić information content (AvgIpc) is 2.64. The Labute approximate surface area is 166 Å². The Morgan fingerprint density at radius 2 is 1.89 bits per heavy atom. The molecule has 6 heteroatoms. The van der Waals surface area contributed by atoms with Gasteiger partial charge >= 0.3 is 0 Å². The van der Waals surface area contributed by atoms with Crippen LogP contribution in [-0.4, -0.2) is 65.6 Å². The van der Waals surface area contributed by atoms with E-state index < -0.39 is 6.10 Å². The molecule has 152 valence electrons. The fraction of sp³-hybridized carbons (Fsp3) is 0.545. The summed E-state index contributed by atoms with van der Waals surface area (Å²) >= 11 is 0. The van der Waals surface area contributed by atoms with E-state index in [2.05, 4.69) is 6.58 Å². The van der Waals surface area contributed by atoms with Crippen LogP contribution in [0.25, 0.3) is 0 Å². The number of nitrogens with zero attached hydrogens (tertiary/aromatic N) is 2. The molecule has 2 atom stereocenters. The van der Waals surface area contributed by atoms with Crippen LogP contribution in [0.5, 0.6) is 5.75 Å². The van der Waals surface area contributed by atoms with Crippen LogP contribution in [0.4, 0.5) is 0 Å². The lowest BCUT2D eigenvalue weighted by Crippen LogP contribution is -2.61. The summed E-state index contributed by atoms with van der Waals surface area (Å²) in [6, 6.07) is 3.69. The van der Waals surface area contributed by atoms with Crippen LogP contribution in [0.3, 0.4) is 0 Å². The molecule has 0 spiro atoms. The molecule has 3 rings (SSSR count). The molecule has 1 saturated heterocycles. The number of aliphatic hydroxyl groups excluding tert-OH is 1. The zero-order valence-corrected chi connectivity index (χ0v) is 17.0. The highest BCUT2D eigenvalue weighted by atomic mass is 16.5. The van der Waals surface area contributed by atoms with Crippen molar-refractivity contribution in [3.63, 3.8) is 0 Å². The molecule has 1 aliphatic heterocycles. The van der Waals surface area contributed by atoms with E-state index in [-0.39, 0.29) is 17.9 Å². The largest absolute Gasteiger partial charge is 0.496 e. The van der Waals surface area contributed by atoms with Crippen molar-refractivity contribution in [3.8, 4) is 5.75 Å². The first kappa shape index (κ1) is 20.4. The number of aryl methyl sites for hydroxylation is 2. The number of hydrogen-bond donors (Lipinski definition) is 1. The van der Waals surface area contributed by atoms with Crippen molar-refractivity contribution < 1.29 is 19.4 Å². The second kappa shape index (κ2) is 8.35. The quantitative estimate of drug-likeness (QED) is 0.789. The molecule has 0 radical (unpaired) electrons. The Morgan fingerprint density at radius 3 is 2.39 bits per heavy atom. The van der Waals surface area contributed by atoms with Crippen LogP contribution in [0.15, 0.2) is 24.8 Å². The van der Waals surface area contributed by atoms with Crippen LogP contribution in [0.1, 0.15) is 40.7 Å². The van der Waals surface area contributed by atoms with Gasteiger partial charge in [0.25, 0.3) is 11.8 Å². The van der Waals surface area contributed by atoms with Crippen molar-refractivity contribution >= 4 is 11.8 Å².